The molecule has 2 N–H and O–H groups in total. The maximum atomic E-state index is 13.1. The quantitative estimate of drug-likeness (QED) is 0.888. The highest BCUT2D eigenvalue weighted by molar-refractivity contribution is 5.95. The van der Waals surface area contributed by atoms with E-state index < -0.39 is 0 Å². The highest BCUT2D eigenvalue weighted by Gasteiger charge is 2.21. The number of piperidine rings is 1. The predicted molar refractivity (Wildman–Crippen MR) is 93.5 cm³/mol. The van der Waals surface area contributed by atoms with E-state index >= 15 is 0 Å². The minimum Gasteiger partial charge on any atom is -0.348 e. The molecule has 5 nitrogen and oxygen atoms in total. The van der Waals surface area contributed by atoms with Crippen LogP contribution in [0.1, 0.15) is 35.8 Å². The molecule has 1 aromatic heterocycles. The molecule has 0 unspecified atom stereocenters. The number of hydrogen-bond acceptors (Lipinski definition) is 3. The zero-order chi connectivity index (χ0) is 16.2. The van der Waals surface area contributed by atoms with Crippen LogP contribution in [0.5, 0.6) is 0 Å². The Balaban J connectivity index is 0.00000208. The molecule has 2 aromatic rings. The molecular formula is C17H22ClFN4O. The summed E-state index contributed by atoms with van der Waals surface area (Å²) in [4.78, 5) is 12.5. The SMILES string of the molecule is CCc1c(C(=O)N[C@H]2CCCNC2)cnn1-c1ccc(F)cc1.Cl. The van der Waals surface area contributed by atoms with Crippen LogP contribution < -0.4 is 10.6 Å². The van der Waals surface area contributed by atoms with Crippen LogP contribution in [-0.4, -0.2) is 34.8 Å². The van der Waals surface area contributed by atoms with E-state index in [2.05, 4.69) is 15.7 Å². The zero-order valence-electron chi connectivity index (χ0n) is 13.6. The first-order valence-electron chi connectivity index (χ1n) is 8.03. The average Bonchev–Trinajstić information content (AvgIpc) is 3.00. The molecule has 1 aliphatic heterocycles. The predicted octanol–water partition coefficient (Wildman–Crippen LogP) is 2.48. The van der Waals surface area contributed by atoms with Crippen LogP contribution in [0.3, 0.4) is 0 Å². The molecule has 1 fully saturated rings. The smallest absolute Gasteiger partial charge is 0.255 e. The van der Waals surface area contributed by atoms with Gasteiger partial charge in [0.05, 0.1) is 23.1 Å². The number of benzene rings is 1. The van der Waals surface area contributed by atoms with Crippen LogP contribution in [0.25, 0.3) is 5.69 Å². The van der Waals surface area contributed by atoms with Gasteiger partial charge in [0, 0.05) is 12.6 Å². The van der Waals surface area contributed by atoms with Crippen LogP contribution in [0.4, 0.5) is 4.39 Å². The largest absolute Gasteiger partial charge is 0.348 e. The van der Waals surface area contributed by atoms with E-state index in [4.69, 9.17) is 0 Å². The van der Waals surface area contributed by atoms with Crippen molar-refractivity contribution in [1.29, 1.82) is 0 Å². The fraction of sp³-hybridized carbons (Fsp3) is 0.412. The Labute approximate surface area is 147 Å². The van der Waals surface area contributed by atoms with Crippen LogP contribution in [0, 0.1) is 5.82 Å². The summed E-state index contributed by atoms with van der Waals surface area (Å²) in [5.41, 5.74) is 2.17. The van der Waals surface area contributed by atoms with Crippen molar-refractivity contribution < 1.29 is 9.18 Å². The van der Waals surface area contributed by atoms with Gasteiger partial charge in [0.2, 0.25) is 0 Å². The molecule has 0 bridgehead atoms. The Morgan fingerprint density at radius 3 is 2.79 bits per heavy atom. The van der Waals surface area contributed by atoms with Gasteiger partial charge in [-0.15, -0.1) is 12.4 Å². The van der Waals surface area contributed by atoms with Crippen molar-refractivity contribution in [3.05, 3.63) is 47.5 Å². The maximum absolute atomic E-state index is 13.1. The van der Waals surface area contributed by atoms with Crippen LogP contribution in [0.2, 0.25) is 0 Å². The Kier molecular flexibility index (Phi) is 6.34. The lowest BCUT2D eigenvalue weighted by atomic mass is 10.1. The number of carbonyl (C=O) groups excluding carboxylic acids is 1. The fourth-order valence-electron chi connectivity index (χ4n) is 2.95. The van der Waals surface area contributed by atoms with E-state index in [-0.39, 0.29) is 30.2 Å². The van der Waals surface area contributed by atoms with E-state index in [1.54, 1.807) is 23.0 Å². The van der Waals surface area contributed by atoms with E-state index in [0.29, 0.717) is 12.0 Å². The summed E-state index contributed by atoms with van der Waals surface area (Å²) in [6.07, 6.45) is 4.32. The Bertz CT molecular complexity index is 680. The van der Waals surface area contributed by atoms with Crippen LogP contribution in [0.15, 0.2) is 30.5 Å². The molecule has 24 heavy (non-hydrogen) atoms. The number of amides is 1. The number of halogens is 2. The summed E-state index contributed by atoms with van der Waals surface area (Å²) in [5.74, 6) is -0.384. The number of nitrogens with one attached hydrogen (secondary N) is 2. The Hall–Kier alpha value is -1.92. The molecule has 1 amide bonds. The molecule has 0 saturated carbocycles. The molecule has 130 valence electrons. The second-order valence-electron chi connectivity index (χ2n) is 5.76. The highest BCUT2D eigenvalue weighted by Crippen LogP contribution is 2.17. The zero-order valence-corrected chi connectivity index (χ0v) is 14.4. The number of hydrogen-bond donors (Lipinski definition) is 2. The van der Waals surface area contributed by atoms with Gasteiger partial charge in [0.1, 0.15) is 5.82 Å². The van der Waals surface area contributed by atoms with Crippen LogP contribution in [-0.2, 0) is 6.42 Å². The number of carbonyl (C=O) groups is 1. The lowest BCUT2D eigenvalue weighted by Crippen LogP contribution is -2.45. The molecule has 2 heterocycles. The minimum atomic E-state index is -0.290. The van der Waals surface area contributed by atoms with Gasteiger partial charge < -0.3 is 10.6 Å². The number of nitrogens with zero attached hydrogens (tertiary/aromatic N) is 2. The average molecular weight is 353 g/mol. The molecule has 1 atom stereocenters. The molecular weight excluding hydrogens is 331 g/mol. The molecule has 7 heteroatoms. The maximum Gasteiger partial charge on any atom is 0.255 e. The first-order valence-corrected chi connectivity index (χ1v) is 8.03. The summed E-state index contributed by atoms with van der Waals surface area (Å²) in [5, 5.41) is 10.7. The van der Waals surface area contributed by atoms with Crippen molar-refractivity contribution in [1.82, 2.24) is 20.4 Å². The van der Waals surface area contributed by atoms with Crippen molar-refractivity contribution in [2.45, 2.75) is 32.2 Å². The standard InChI is InChI=1S/C17H21FN4O.ClH/c1-2-16-15(17(23)21-13-4-3-9-19-10-13)11-20-22(16)14-7-5-12(18)6-8-14;/h5-8,11,13,19H,2-4,9-10H2,1H3,(H,21,23);1H/t13-;/m0./s1. The summed E-state index contributed by atoms with van der Waals surface area (Å²) in [6, 6.07) is 6.27. The van der Waals surface area contributed by atoms with Crippen LogP contribution >= 0.6 is 12.4 Å². The van der Waals surface area contributed by atoms with Crippen molar-refractivity contribution in [3.8, 4) is 5.69 Å². The molecule has 3 rings (SSSR count). The van der Waals surface area contributed by atoms with Gasteiger partial charge in [-0.25, -0.2) is 9.07 Å². The third kappa shape index (κ3) is 3.94. The van der Waals surface area contributed by atoms with Gasteiger partial charge in [0.15, 0.2) is 0 Å². The normalized spacial score (nSPS) is 17.2. The van der Waals surface area contributed by atoms with E-state index in [1.807, 2.05) is 6.92 Å². The lowest BCUT2D eigenvalue weighted by Gasteiger charge is -2.23. The lowest BCUT2D eigenvalue weighted by molar-refractivity contribution is 0.0929. The number of aromatic nitrogens is 2. The molecule has 1 aliphatic rings. The van der Waals surface area contributed by atoms with Gasteiger partial charge in [-0.2, -0.15) is 5.10 Å². The third-order valence-electron chi connectivity index (χ3n) is 4.15. The molecule has 0 aliphatic carbocycles. The summed E-state index contributed by atoms with van der Waals surface area (Å²) >= 11 is 0. The minimum absolute atomic E-state index is 0. The monoisotopic (exact) mass is 352 g/mol. The van der Waals surface area contributed by atoms with Crippen molar-refractivity contribution in [2.24, 2.45) is 0 Å². The highest BCUT2D eigenvalue weighted by atomic mass is 35.5. The second kappa shape index (κ2) is 8.26. The molecule has 0 radical (unpaired) electrons. The Morgan fingerprint density at radius 1 is 1.42 bits per heavy atom. The van der Waals surface area contributed by atoms with Crippen molar-refractivity contribution >= 4 is 18.3 Å². The van der Waals surface area contributed by atoms with E-state index in [9.17, 15) is 9.18 Å². The van der Waals surface area contributed by atoms with Gasteiger partial charge in [-0.05, 0) is 50.1 Å². The van der Waals surface area contributed by atoms with Crippen molar-refractivity contribution in [3.63, 3.8) is 0 Å². The first-order chi connectivity index (χ1) is 11.2. The Morgan fingerprint density at radius 2 is 2.17 bits per heavy atom. The summed E-state index contributed by atoms with van der Waals surface area (Å²) in [7, 11) is 0. The topological polar surface area (TPSA) is 59.0 Å². The van der Waals surface area contributed by atoms with Gasteiger partial charge >= 0.3 is 0 Å². The molecule has 0 spiro atoms. The van der Waals surface area contributed by atoms with Gasteiger partial charge in [-0.1, -0.05) is 6.92 Å². The fourth-order valence-corrected chi connectivity index (χ4v) is 2.95. The number of rotatable bonds is 4. The van der Waals surface area contributed by atoms with E-state index in [1.165, 1.54) is 12.1 Å². The first kappa shape index (κ1) is 18.4. The summed E-state index contributed by atoms with van der Waals surface area (Å²) in [6.45, 7) is 3.80. The molecule has 1 aromatic carbocycles. The molecule has 1 saturated heterocycles. The third-order valence-corrected chi connectivity index (χ3v) is 4.15. The van der Waals surface area contributed by atoms with E-state index in [0.717, 1.165) is 37.3 Å². The summed E-state index contributed by atoms with van der Waals surface area (Å²) < 4.78 is 14.8. The van der Waals surface area contributed by atoms with Crippen molar-refractivity contribution in [2.75, 3.05) is 13.1 Å². The second-order valence-corrected chi connectivity index (χ2v) is 5.76. The van der Waals surface area contributed by atoms with Gasteiger partial charge in [-0.3, -0.25) is 4.79 Å². The van der Waals surface area contributed by atoms with Gasteiger partial charge in [0.25, 0.3) is 5.91 Å².